The second-order valence-corrected chi connectivity index (χ2v) is 8.14. The lowest BCUT2D eigenvalue weighted by molar-refractivity contribution is 0.174. The third kappa shape index (κ3) is 4.12. The fourth-order valence-electron chi connectivity index (χ4n) is 4.18. The number of aromatic nitrogens is 5. The summed E-state index contributed by atoms with van der Waals surface area (Å²) >= 11 is 0. The maximum Gasteiger partial charge on any atom is 0.231 e. The van der Waals surface area contributed by atoms with Crippen molar-refractivity contribution < 1.29 is 9.47 Å². The smallest absolute Gasteiger partial charge is 0.231 e. The molecule has 5 heterocycles. The molecule has 0 aliphatic carbocycles. The van der Waals surface area contributed by atoms with Crippen LogP contribution in [0.1, 0.15) is 11.1 Å². The van der Waals surface area contributed by atoms with Gasteiger partial charge in [0.05, 0.1) is 6.33 Å². The number of imidazole rings is 1. The Morgan fingerprint density at radius 3 is 2.79 bits per heavy atom. The van der Waals surface area contributed by atoms with Crippen LogP contribution in [0.15, 0.2) is 49.1 Å². The third-order valence-electron chi connectivity index (χ3n) is 5.95. The average molecular weight is 444 g/mol. The van der Waals surface area contributed by atoms with E-state index < -0.39 is 0 Å². The van der Waals surface area contributed by atoms with Crippen LogP contribution in [0.25, 0.3) is 11.2 Å². The van der Waals surface area contributed by atoms with E-state index in [0.29, 0.717) is 24.9 Å². The molecule has 0 spiro atoms. The molecule has 10 nitrogen and oxygen atoms in total. The number of hydrogen-bond acceptors (Lipinski definition) is 9. The summed E-state index contributed by atoms with van der Waals surface area (Å²) in [6.45, 7) is 5.36. The summed E-state index contributed by atoms with van der Waals surface area (Å²) in [5.41, 5.74) is 3.78. The normalized spacial score (nSPS) is 15.8. The van der Waals surface area contributed by atoms with E-state index in [1.165, 1.54) is 5.56 Å². The number of anilines is 2. The molecule has 0 unspecified atom stereocenters. The van der Waals surface area contributed by atoms with Crippen LogP contribution in [-0.2, 0) is 13.1 Å². The monoisotopic (exact) mass is 444 g/mol. The molecule has 2 aliphatic heterocycles. The number of piperazine rings is 1. The Balaban J connectivity index is 1.13. The number of benzene rings is 1. The summed E-state index contributed by atoms with van der Waals surface area (Å²) in [5.74, 6) is 3.10. The van der Waals surface area contributed by atoms with Crippen LogP contribution in [0.4, 0.5) is 11.8 Å². The SMILES string of the molecule is c1cncc(CNc2nc(N3CCN(Cc4ccc5c(c4)OCO5)CC3)nc3nc[nH]c23)c1. The maximum atomic E-state index is 5.51. The molecule has 2 N–H and O–H groups in total. The lowest BCUT2D eigenvalue weighted by atomic mass is 10.1. The fourth-order valence-corrected chi connectivity index (χ4v) is 4.18. The first kappa shape index (κ1) is 19.7. The van der Waals surface area contributed by atoms with Gasteiger partial charge in [0.25, 0.3) is 0 Å². The van der Waals surface area contributed by atoms with Gasteiger partial charge in [0.15, 0.2) is 23.0 Å². The van der Waals surface area contributed by atoms with Crippen LogP contribution in [0.3, 0.4) is 0 Å². The van der Waals surface area contributed by atoms with Crippen molar-refractivity contribution in [1.82, 2.24) is 29.8 Å². The number of ether oxygens (including phenoxy) is 2. The number of fused-ring (bicyclic) bond motifs is 2. The molecule has 1 aromatic carbocycles. The maximum absolute atomic E-state index is 5.51. The van der Waals surface area contributed by atoms with Gasteiger partial charge >= 0.3 is 0 Å². The lowest BCUT2D eigenvalue weighted by Crippen LogP contribution is -2.46. The molecule has 33 heavy (non-hydrogen) atoms. The molecule has 6 rings (SSSR count). The summed E-state index contributed by atoms with van der Waals surface area (Å²) in [7, 11) is 0. The Labute approximate surface area is 190 Å². The first-order chi connectivity index (χ1) is 16.3. The first-order valence-corrected chi connectivity index (χ1v) is 11.0. The van der Waals surface area contributed by atoms with Crippen molar-refractivity contribution in [3.05, 3.63) is 60.2 Å². The zero-order valence-corrected chi connectivity index (χ0v) is 18.1. The van der Waals surface area contributed by atoms with Gasteiger partial charge in [-0.1, -0.05) is 12.1 Å². The largest absolute Gasteiger partial charge is 0.454 e. The van der Waals surface area contributed by atoms with E-state index >= 15 is 0 Å². The summed E-state index contributed by atoms with van der Waals surface area (Å²) in [6.07, 6.45) is 5.27. The van der Waals surface area contributed by atoms with Crippen molar-refractivity contribution in [2.24, 2.45) is 0 Å². The Kier molecular flexibility index (Phi) is 5.11. The quantitative estimate of drug-likeness (QED) is 0.464. The van der Waals surface area contributed by atoms with Crippen molar-refractivity contribution >= 4 is 22.9 Å². The minimum atomic E-state index is 0.302. The van der Waals surface area contributed by atoms with E-state index in [-0.39, 0.29) is 0 Å². The zero-order valence-electron chi connectivity index (χ0n) is 18.1. The van der Waals surface area contributed by atoms with Crippen LogP contribution in [-0.4, -0.2) is 62.8 Å². The Hall–Kier alpha value is -3.92. The van der Waals surface area contributed by atoms with E-state index in [2.05, 4.69) is 42.2 Å². The Bertz CT molecular complexity index is 1250. The predicted molar refractivity (Wildman–Crippen MR) is 123 cm³/mol. The van der Waals surface area contributed by atoms with Crippen molar-refractivity contribution in [2.75, 3.05) is 43.2 Å². The highest BCUT2D eigenvalue weighted by atomic mass is 16.7. The molecular formula is C23H24N8O2. The van der Waals surface area contributed by atoms with Crippen LogP contribution in [0, 0.1) is 0 Å². The Morgan fingerprint density at radius 1 is 1.00 bits per heavy atom. The zero-order chi connectivity index (χ0) is 22.0. The second kappa shape index (κ2) is 8.55. The minimum Gasteiger partial charge on any atom is -0.454 e. The van der Waals surface area contributed by atoms with Gasteiger partial charge < -0.3 is 24.7 Å². The van der Waals surface area contributed by atoms with Gasteiger partial charge in [0, 0.05) is 51.7 Å². The van der Waals surface area contributed by atoms with E-state index in [9.17, 15) is 0 Å². The molecule has 0 atom stereocenters. The van der Waals surface area contributed by atoms with Crippen molar-refractivity contribution in [3.8, 4) is 11.5 Å². The van der Waals surface area contributed by atoms with E-state index in [1.54, 1.807) is 12.5 Å². The van der Waals surface area contributed by atoms with Crippen LogP contribution >= 0.6 is 0 Å². The van der Waals surface area contributed by atoms with Crippen LogP contribution in [0.2, 0.25) is 0 Å². The molecule has 1 fully saturated rings. The van der Waals surface area contributed by atoms with Crippen LogP contribution in [0.5, 0.6) is 11.5 Å². The summed E-state index contributed by atoms with van der Waals surface area (Å²) in [6, 6.07) is 10.1. The van der Waals surface area contributed by atoms with Crippen LogP contribution < -0.4 is 19.7 Å². The molecule has 10 heteroatoms. The fraction of sp³-hybridized carbons (Fsp3) is 0.304. The molecule has 0 amide bonds. The van der Waals surface area contributed by atoms with E-state index in [0.717, 1.165) is 61.1 Å². The summed E-state index contributed by atoms with van der Waals surface area (Å²) in [4.78, 5) is 25.9. The molecule has 0 bridgehead atoms. The molecule has 0 saturated carbocycles. The second-order valence-electron chi connectivity index (χ2n) is 8.14. The summed E-state index contributed by atoms with van der Waals surface area (Å²) < 4.78 is 10.9. The highest BCUT2D eigenvalue weighted by molar-refractivity contribution is 5.83. The Morgan fingerprint density at radius 2 is 1.91 bits per heavy atom. The lowest BCUT2D eigenvalue weighted by Gasteiger charge is -2.34. The topological polar surface area (TPSA) is 104 Å². The molecule has 0 radical (unpaired) electrons. The number of aromatic amines is 1. The number of pyridine rings is 1. The number of hydrogen-bond donors (Lipinski definition) is 2. The van der Waals surface area contributed by atoms with Gasteiger partial charge in [-0.2, -0.15) is 9.97 Å². The molecule has 168 valence electrons. The number of nitrogens with zero attached hydrogens (tertiary/aromatic N) is 6. The standard InChI is InChI=1S/C23H24N8O2/c1-2-17(11-24-5-1)12-25-21-20-22(27-14-26-20)29-23(28-21)31-8-6-30(7-9-31)13-16-3-4-18-19(10-16)33-15-32-18/h1-5,10-11,14H,6-9,12-13,15H2,(H2,25,26,27,28,29). The average Bonchev–Trinajstić information content (AvgIpc) is 3.53. The highest BCUT2D eigenvalue weighted by Crippen LogP contribution is 2.33. The van der Waals surface area contributed by atoms with Gasteiger partial charge in [-0.3, -0.25) is 9.88 Å². The molecule has 1 saturated heterocycles. The molecular weight excluding hydrogens is 420 g/mol. The summed E-state index contributed by atoms with van der Waals surface area (Å²) in [5, 5.41) is 3.41. The molecule has 2 aliphatic rings. The minimum absolute atomic E-state index is 0.302. The van der Waals surface area contributed by atoms with Gasteiger partial charge in [0.2, 0.25) is 12.7 Å². The first-order valence-electron chi connectivity index (χ1n) is 11.0. The number of nitrogens with one attached hydrogen (secondary N) is 2. The predicted octanol–water partition coefficient (Wildman–Crippen LogP) is 2.41. The highest BCUT2D eigenvalue weighted by Gasteiger charge is 2.22. The van der Waals surface area contributed by atoms with Gasteiger partial charge in [-0.15, -0.1) is 0 Å². The van der Waals surface area contributed by atoms with E-state index in [4.69, 9.17) is 19.4 Å². The number of rotatable bonds is 6. The number of H-pyrrole nitrogens is 1. The van der Waals surface area contributed by atoms with Gasteiger partial charge in [-0.25, -0.2) is 4.98 Å². The van der Waals surface area contributed by atoms with Gasteiger partial charge in [0.1, 0.15) is 5.52 Å². The van der Waals surface area contributed by atoms with Gasteiger partial charge in [-0.05, 0) is 29.3 Å². The van der Waals surface area contributed by atoms with Crippen molar-refractivity contribution in [2.45, 2.75) is 13.1 Å². The molecule has 3 aromatic heterocycles. The van der Waals surface area contributed by atoms with Crippen molar-refractivity contribution in [1.29, 1.82) is 0 Å². The molecule has 4 aromatic rings. The van der Waals surface area contributed by atoms with E-state index in [1.807, 2.05) is 24.4 Å². The third-order valence-corrected chi connectivity index (χ3v) is 5.95. The van der Waals surface area contributed by atoms with Crippen molar-refractivity contribution in [3.63, 3.8) is 0 Å².